The smallest absolute Gasteiger partial charge is 0.277 e. The Hall–Kier alpha value is -3.39. The molecule has 0 atom stereocenters. The van der Waals surface area contributed by atoms with E-state index in [0.717, 1.165) is 21.4 Å². The summed E-state index contributed by atoms with van der Waals surface area (Å²) in [5, 5.41) is 3.98. The number of nitrogens with one attached hydrogen (secondary N) is 2. The van der Waals surface area contributed by atoms with Crippen molar-refractivity contribution in [1.29, 1.82) is 0 Å². The van der Waals surface area contributed by atoms with E-state index in [4.69, 9.17) is 4.74 Å². The van der Waals surface area contributed by atoms with Gasteiger partial charge in [0.25, 0.3) is 11.8 Å². The minimum absolute atomic E-state index is 0.153. The Bertz CT molecular complexity index is 1080. The van der Waals surface area contributed by atoms with E-state index in [1.54, 1.807) is 28.9 Å². The molecule has 2 amide bonds. The summed E-state index contributed by atoms with van der Waals surface area (Å²) in [7, 11) is 0. The van der Waals surface area contributed by atoms with E-state index in [1.807, 2.05) is 50.2 Å². The van der Waals surface area contributed by atoms with Crippen LogP contribution in [0.4, 0.5) is 0 Å². The van der Waals surface area contributed by atoms with Crippen LogP contribution in [0, 0.1) is 13.8 Å². The van der Waals surface area contributed by atoms with Gasteiger partial charge in [0.1, 0.15) is 5.75 Å². The van der Waals surface area contributed by atoms with E-state index in [1.165, 1.54) is 6.21 Å². The van der Waals surface area contributed by atoms with Crippen LogP contribution in [0.1, 0.15) is 27.3 Å². The van der Waals surface area contributed by atoms with E-state index < -0.39 is 0 Å². The highest BCUT2D eigenvalue weighted by molar-refractivity contribution is 9.10. The van der Waals surface area contributed by atoms with Gasteiger partial charge < -0.3 is 4.74 Å². The van der Waals surface area contributed by atoms with Crippen molar-refractivity contribution in [1.82, 2.24) is 10.1 Å². The maximum Gasteiger partial charge on any atom is 0.277 e. The number of amides is 2. The topological polar surface area (TPSA) is 84.7 Å². The van der Waals surface area contributed by atoms with E-state index in [0.29, 0.717) is 11.3 Å². The predicted octanol–water partition coefficient (Wildman–Crippen LogP) is 3.78. The lowest BCUT2D eigenvalue weighted by molar-refractivity contribution is -0.123. The minimum atomic E-state index is -0.377. The molecule has 8 heteroatoms. The summed E-state index contributed by atoms with van der Waals surface area (Å²) < 4.78 is 7.97. The van der Waals surface area contributed by atoms with Crippen molar-refractivity contribution in [2.45, 2.75) is 13.8 Å². The van der Waals surface area contributed by atoms with Crippen LogP contribution in [-0.4, -0.2) is 29.3 Å². The fourth-order valence-electron chi connectivity index (χ4n) is 2.76. The third-order valence-corrected chi connectivity index (χ3v) is 4.77. The van der Waals surface area contributed by atoms with Crippen molar-refractivity contribution in [3.63, 3.8) is 0 Å². The standard InChI is InChI=1S/C22H21BrN4O3/c1-15-11-18(16(2)27(15)26-22(29)17-7-4-3-5-8-17)13-24-25-21(28)14-30-20-10-6-9-19(23)12-20/h3-13H,14H2,1-2H3,(H,25,28)(H,26,29)/b24-13+. The average molecular weight is 469 g/mol. The summed E-state index contributed by atoms with van der Waals surface area (Å²) in [5.74, 6) is -0.00231. The predicted molar refractivity (Wildman–Crippen MR) is 119 cm³/mol. The molecule has 7 nitrogen and oxygen atoms in total. The van der Waals surface area contributed by atoms with Gasteiger partial charge in [-0.15, -0.1) is 0 Å². The maximum atomic E-state index is 12.4. The molecule has 0 spiro atoms. The van der Waals surface area contributed by atoms with Crippen molar-refractivity contribution in [2.24, 2.45) is 5.10 Å². The Kier molecular flexibility index (Phi) is 7.03. The highest BCUT2D eigenvalue weighted by Crippen LogP contribution is 2.17. The first-order valence-corrected chi connectivity index (χ1v) is 9.99. The summed E-state index contributed by atoms with van der Waals surface area (Å²) in [6.45, 7) is 3.58. The number of hydrazone groups is 1. The fraction of sp³-hybridized carbons (Fsp3) is 0.136. The summed E-state index contributed by atoms with van der Waals surface area (Å²) in [6.07, 6.45) is 1.53. The van der Waals surface area contributed by atoms with Gasteiger partial charge in [0, 0.05) is 27.0 Å². The monoisotopic (exact) mass is 468 g/mol. The molecule has 2 N–H and O–H groups in total. The van der Waals surface area contributed by atoms with Crippen LogP contribution in [0.25, 0.3) is 0 Å². The number of carbonyl (C=O) groups excluding carboxylic acids is 2. The van der Waals surface area contributed by atoms with Crippen molar-refractivity contribution in [2.75, 3.05) is 12.0 Å². The maximum absolute atomic E-state index is 12.4. The number of ether oxygens (including phenoxy) is 1. The van der Waals surface area contributed by atoms with Crippen LogP contribution in [0.5, 0.6) is 5.75 Å². The molecule has 0 bridgehead atoms. The fourth-order valence-corrected chi connectivity index (χ4v) is 3.14. The SMILES string of the molecule is Cc1cc(/C=N/NC(=O)COc2cccc(Br)c2)c(C)n1NC(=O)c1ccccc1. The summed E-state index contributed by atoms with van der Waals surface area (Å²) >= 11 is 3.35. The lowest BCUT2D eigenvalue weighted by atomic mass is 10.2. The van der Waals surface area contributed by atoms with E-state index in [9.17, 15) is 9.59 Å². The zero-order valence-electron chi connectivity index (χ0n) is 16.6. The highest BCUT2D eigenvalue weighted by atomic mass is 79.9. The van der Waals surface area contributed by atoms with Crippen LogP contribution in [0.3, 0.4) is 0 Å². The van der Waals surface area contributed by atoms with Gasteiger partial charge in [0.05, 0.1) is 6.21 Å². The van der Waals surface area contributed by atoms with Gasteiger partial charge in [-0.25, -0.2) is 5.43 Å². The number of hydrogen-bond acceptors (Lipinski definition) is 4. The summed E-state index contributed by atoms with van der Waals surface area (Å²) in [5.41, 5.74) is 8.27. The molecular formula is C22H21BrN4O3. The Morgan fingerprint density at radius 1 is 1.10 bits per heavy atom. The lowest BCUT2D eigenvalue weighted by Crippen LogP contribution is -2.25. The molecule has 1 heterocycles. The number of carbonyl (C=O) groups is 2. The molecule has 0 unspecified atom stereocenters. The number of hydrogen-bond donors (Lipinski definition) is 2. The van der Waals surface area contributed by atoms with Crippen molar-refractivity contribution < 1.29 is 14.3 Å². The molecule has 2 aromatic carbocycles. The van der Waals surface area contributed by atoms with E-state index in [-0.39, 0.29) is 18.4 Å². The number of benzene rings is 2. The molecule has 3 aromatic rings. The highest BCUT2D eigenvalue weighted by Gasteiger charge is 2.12. The number of aryl methyl sites for hydroxylation is 1. The van der Waals surface area contributed by atoms with Gasteiger partial charge in [0.2, 0.25) is 0 Å². The second-order valence-corrected chi connectivity index (χ2v) is 7.42. The molecule has 0 fully saturated rings. The van der Waals surface area contributed by atoms with Crippen LogP contribution < -0.4 is 15.6 Å². The molecule has 1 aromatic heterocycles. The number of rotatable bonds is 7. The quantitative estimate of drug-likeness (QED) is 0.408. The minimum Gasteiger partial charge on any atom is -0.484 e. The molecule has 0 saturated heterocycles. The van der Waals surface area contributed by atoms with Crippen molar-refractivity contribution in [3.05, 3.63) is 87.7 Å². The number of aromatic nitrogens is 1. The van der Waals surface area contributed by atoms with Gasteiger partial charge in [0.15, 0.2) is 6.61 Å². The molecule has 3 rings (SSSR count). The third-order valence-electron chi connectivity index (χ3n) is 4.28. The lowest BCUT2D eigenvalue weighted by Gasteiger charge is -2.11. The van der Waals surface area contributed by atoms with Gasteiger partial charge in [-0.1, -0.05) is 40.2 Å². The zero-order valence-corrected chi connectivity index (χ0v) is 18.1. The summed E-state index contributed by atoms with van der Waals surface area (Å²) in [4.78, 5) is 24.3. The van der Waals surface area contributed by atoms with Gasteiger partial charge >= 0.3 is 0 Å². The molecule has 0 radical (unpaired) electrons. The first kappa shape index (κ1) is 21.3. The third kappa shape index (κ3) is 5.57. The average Bonchev–Trinajstić information content (AvgIpc) is 3.00. The van der Waals surface area contributed by atoms with Gasteiger partial charge in [-0.2, -0.15) is 5.10 Å². The Balaban J connectivity index is 1.57. The van der Waals surface area contributed by atoms with Crippen molar-refractivity contribution >= 4 is 34.0 Å². The number of halogens is 1. The second-order valence-electron chi connectivity index (χ2n) is 6.51. The molecule has 0 saturated carbocycles. The molecule has 30 heavy (non-hydrogen) atoms. The van der Waals surface area contributed by atoms with Crippen LogP contribution in [0.2, 0.25) is 0 Å². The Morgan fingerprint density at radius 2 is 1.87 bits per heavy atom. The molecule has 154 valence electrons. The zero-order chi connectivity index (χ0) is 21.5. The normalized spacial score (nSPS) is 10.8. The van der Waals surface area contributed by atoms with Crippen LogP contribution >= 0.6 is 15.9 Å². The molecule has 0 aliphatic rings. The van der Waals surface area contributed by atoms with Crippen molar-refractivity contribution in [3.8, 4) is 5.75 Å². The first-order valence-electron chi connectivity index (χ1n) is 9.19. The molecule has 0 aliphatic heterocycles. The van der Waals surface area contributed by atoms with E-state index >= 15 is 0 Å². The van der Waals surface area contributed by atoms with E-state index in [2.05, 4.69) is 31.9 Å². The second kappa shape index (κ2) is 9.89. The summed E-state index contributed by atoms with van der Waals surface area (Å²) in [6, 6.07) is 18.1. The Labute approximate surface area is 182 Å². The number of nitrogens with zero attached hydrogens (tertiary/aromatic N) is 2. The van der Waals surface area contributed by atoms with Gasteiger partial charge in [-0.05, 0) is 50.2 Å². The first-order chi connectivity index (χ1) is 14.4. The molecular weight excluding hydrogens is 448 g/mol. The van der Waals surface area contributed by atoms with Crippen LogP contribution in [0.15, 0.2) is 70.2 Å². The van der Waals surface area contributed by atoms with Crippen LogP contribution in [-0.2, 0) is 4.79 Å². The Morgan fingerprint density at radius 3 is 2.60 bits per heavy atom. The molecule has 0 aliphatic carbocycles. The van der Waals surface area contributed by atoms with Gasteiger partial charge in [-0.3, -0.25) is 19.7 Å². The largest absolute Gasteiger partial charge is 0.484 e.